The Balaban J connectivity index is 0.00000132. The normalized spacial score (nSPS) is 18.3. The van der Waals surface area contributed by atoms with Gasteiger partial charge in [-0.3, -0.25) is 9.69 Å². The van der Waals surface area contributed by atoms with E-state index in [1.807, 2.05) is 24.4 Å². The molecule has 130 valence electrons. The summed E-state index contributed by atoms with van der Waals surface area (Å²) in [7, 11) is 0. The lowest BCUT2D eigenvalue weighted by atomic mass is 10.0. The third kappa shape index (κ3) is 5.80. The van der Waals surface area contributed by atoms with Gasteiger partial charge in [0.15, 0.2) is 0 Å². The third-order valence-electron chi connectivity index (χ3n) is 4.17. The SMILES string of the molecule is Cl.Cl.O=C(CN1CCN(c2ccccn2)CC1)NCC1CNC1. The number of hydrogen-bond acceptors (Lipinski definition) is 5. The van der Waals surface area contributed by atoms with Gasteiger partial charge in [0.25, 0.3) is 0 Å². The highest BCUT2D eigenvalue weighted by Gasteiger charge is 2.21. The minimum absolute atomic E-state index is 0. The maximum atomic E-state index is 11.9. The lowest BCUT2D eigenvalue weighted by molar-refractivity contribution is -0.122. The summed E-state index contributed by atoms with van der Waals surface area (Å²) < 4.78 is 0. The number of carbonyl (C=O) groups excluding carboxylic acids is 1. The Bertz CT molecular complexity index is 464. The van der Waals surface area contributed by atoms with E-state index in [2.05, 4.69) is 25.4 Å². The number of carbonyl (C=O) groups is 1. The molecule has 8 heteroatoms. The smallest absolute Gasteiger partial charge is 0.234 e. The molecular weight excluding hydrogens is 337 g/mol. The molecule has 1 amide bonds. The molecule has 2 N–H and O–H groups in total. The van der Waals surface area contributed by atoms with E-state index >= 15 is 0 Å². The van der Waals surface area contributed by atoms with Crippen LogP contribution in [0.2, 0.25) is 0 Å². The summed E-state index contributed by atoms with van der Waals surface area (Å²) in [4.78, 5) is 20.8. The van der Waals surface area contributed by atoms with Gasteiger partial charge in [-0.25, -0.2) is 4.98 Å². The number of rotatable bonds is 5. The molecule has 0 radical (unpaired) electrons. The Kier molecular flexibility index (Phi) is 8.62. The fourth-order valence-electron chi connectivity index (χ4n) is 2.69. The monoisotopic (exact) mass is 361 g/mol. The summed E-state index contributed by atoms with van der Waals surface area (Å²) in [5, 5.41) is 6.24. The van der Waals surface area contributed by atoms with Crippen molar-refractivity contribution in [1.29, 1.82) is 0 Å². The van der Waals surface area contributed by atoms with E-state index in [9.17, 15) is 4.79 Å². The molecule has 3 heterocycles. The molecule has 2 fully saturated rings. The van der Waals surface area contributed by atoms with Crippen molar-refractivity contribution in [3.05, 3.63) is 24.4 Å². The lowest BCUT2D eigenvalue weighted by Crippen LogP contribution is -2.52. The first-order valence-electron chi connectivity index (χ1n) is 7.67. The van der Waals surface area contributed by atoms with Crippen LogP contribution in [0.15, 0.2) is 24.4 Å². The highest BCUT2D eigenvalue weighted by Crippen LogP contribution is 2.12. The molecule has 0 spiro atoms. The van der Waals surface area contributed by atoms with Crippen LogP contribution in [0.4, 0.5) is 5.82 Å². The van der Waals surface area contributed by atoms with E-state index in [0.29, 0.717) is 12.5 Å². The number of nitrogens with zero attached hydrogens (tertiary/aromatic N) is 3. The van der Waals surface area contributed by atoms with Gasteiger partial charge in [0.05, 0.1) is 6.54 Å². The van der Waals surface area contributed by atoms with E-state index < -0.39 is 0 Å². The summed E-state index contributed by atoms with van der Waals surface area (Å²) in [6.07, 6.45) is 1.82. The Morgan fingerprint density at radius 2 is 1.96 bits per heavy atom. The third-order valence-corrected chi connectivity index (χ3v) is 4.17. The number of piperazine rings is 1. The van der Waals surface area contributed by atoms with Gasteiger partial charge in [0, 0.05) is 57.9 Å². The molecule has 6 nitrogen and oxygen atoms in total. The second kappa shape index (κ2) is 9.93. The van der Waals surface area contributed by atoms with Crippen molar-refractivity contribution in [2.45, 2.75) is 0 Å². The molecule has 1 aromatic rings. The van der Waals surface area contributed by atoms with Gasteiger partial charge in [0.1, 0.15) is 5.82 Å². The van der Waals surface area contributed by atoms with E-state index in [1.165, 1.54) is 0 Å². The van der Waals surface area contributed by atoms with Gasteiger partial charge in [-0.1, -0.05) is 6.07 Å². The standard InChI is InChI=1S/C15H23N5O.2ClH/c21-15(18-11-13-9-16-10-13)12-19-5-7-20(8-6-19)14-3-1-2-4-17-14;;/h1-4,13,16H,5-12H2,(H,18,21);2*1H. The Labute approximate surface area is 149 Å². The van der Waals surface area contributed by atoms with Crippen LogP contribution in [0.1, 0.15) is 0 Å². The first-order valence-corrected chi connectivity index (χ1v) is 7.67. The van der Waals surface area contributed by atoms with Crippen LogP contribution in [0, 0.1) is 5.92 Å². The van der Waals surface area contributed by atoms with E-state index in [0.717, 1.165) is 51.6 Å². The van der Waals surface area contributed by atoms with Crippen LogP contribution >= 0.6 is 24.8 Å². The van der Waals surface area contributed by atoms with Crippen molar-refractivity contribution in [2.24, 2.45) is 5.92 Å². The fraction of sp³-hybridized carbons (Fsp3) is 0.600. The molecule has 0 saturated carbocycles. The zero-order valence-electron chi connectivity index (χ0n) is 13.1. The van der Waals surface area contributed by atoms with Gasteiger partial charge in [-0.2, -0.15) is 0 Å². The highest BCUT2D eigenvalue weighted by atomic mass is 35.5. The van der Waals surface area contributed by atoms with E-state index in [4.69, 9.17) is 0 Å². The topological polar surface area (TPSA) is 60.5 Å². The maximum absolute atomic E-state index is 11.9. The first-order chi connectivity index (χ1) is 10.3. The highest BCUT2D eigenvalue weighted by molar-refractivity contribution is 5.85. The lowest BCUT2D eigenvalue weighted by Gasteiger charge is -2.35. The summed E-state index contributed by atoms with van der Waals surface area (Å²) in [6, 6.07) is 5.98. The van der Waals surface area contributed by atoms with Crippen molar-refractivity contribution in [1.82, 2.24) is 20.5 Å². The molecule has 0 atom stereocenters. The zero-order chi connectivity index (χ0) is 14.5. The Morgan fingerprint density at radius 3 is 2.52 bits per heavy atom. The zero-order valence-corrected chi connectivity index (χ0v) is 14.7. The quantitative estimate of drug-likeness (QED) is 0.793. The van der Waals surface area contributed by atoms with Gasteiger partial charge in [0.2, 0.25) is 5.91 Å². The molecule has 3 rings (SSSR count). The summed E-state index contributed by atoms with van der Waals surface area (Å²) in [5.41, 5.74) is 0. The Hall–Kier alpha value is -1.08. The predicted molar refractivity (Wildman–Crippen MR) is 96.8 cm³/mol. The summed E-state index contributed by atoms with van der Waals surface area (Å²) >= 11 is 0. The average molecular weight is 362 g/mol. The molecule has 2 aliphatic rings. The molecule has 0 aromatic carbocycles. The number of halogens is 2. The molecular formula is C15H25Cl2N5O. The minimum atomic E-state index is 0. The van der Waals surface area contributed by atoms with Crippen molar-refractivity contribution in [3.8, 4) is 0 Å². The largest absolute Gasteiger partial charge is 0.355 e. The van der Waals surface area contributed by atoms with Gasteiger partial charge >= 0.3 is 0 Å². The van der Waals surface area contributed by atoms with Crippen LogP contribution in [0.5, 0.6) is 0 Å². The average Bonchev–Trinajstić information content (AvgIpc) is 2.47. The van der Waals surface area contributed by atoms with Crippen LogP contribution in [0.25, 0.3) is 0 Å². The van der Waals surface area contributed by atoms with Crippen molar-refractivity contribution >= 4 is 36.5 Å². The fourth-order valence-corrected chi connectivity index (χ4v) is 2.69. The minimum Gasteiger partial charge on any atom is -0.355 e. The van der Waals surface area contributed by atoms with Crippen molar-refractivity contribution in [2.75, 3.05) is 57.3 Å². The molecule has 2 saturated heterocycles. The molecule has 0 unspecified atom stereocenters. The molecule has 0 aliphatic carbocycles. The molecule has 23 heavy (non-hydrogen) atoms. The number of anilines is 1. The van der Waals surface area contributed by atoms with E-state index in [1.54, 1.807) is 0 Å². The van der Waals surface area contributed by atoms with Crippen LogP contribution in [0.3, 0.4) is 0 Å². The van der Waals surface area contributed by atoms with Gasteiger partial charge < -0.3 is 15.5 Å². The number of nitrogens with one attached hydrogen (secondary N) is 2. The van der Waals surface area contributed by atoms with Crippen molar-refractivity contribution in [3.63, 3.8) is 0 Å². The summed E-state index contributed by atoms with van der Waals surface area (Å²) in [6.45, 7) is 7.06. The number of amides is 1. The summed E-state index contributed by atoms with van der Waals surface area (Å²) in [5.74, 6) is 1.79. The molecule has 2 aliphatic heterocycles. The number of pyridine rings is 1. The first kappa shape index (κ1) is 20.0. The maximum Gasteiger partial charge on any atom is 0.234 e. The number of hydrogen-bond donors (Lipinski definition) is 2. The second-order valence-corrected chi connectivity index (χ2v) is 5.78. The Morgan fingerprint density at radius 1 is 1.22 bits per heavy atom. The van der Waals surface area contributed by atoms with E-state index in [-0.39, 0.29) is 30.7 Å². The second-order valence-electron chi connectivity index (χ2n) is 5.78. The number of aromatic nitrogens is 1. The van der Waals surface area contributed by atoms with Gasteiger partial charge in [-0.05, 0) is 12.1 Å². The van der Waals surface area contributed by atoms with Crippen LogP contribution in [-0.2, 0) is 4.79 Å². The van der Waals surface area contributed by atoms with Gasteiger partial charge in [-0.15, -0.1) is 24.8 Å². The molecule has 0 bridgehead atoms. The van der Waals surface area contributed by atoms with Crippen LogP contribution in [-0.4, -0.2) is 68.1 Å². The van der Waals surface area contributed by atoms with Crippen molar-refractivity contribution < 1.29 is 4.79 Å². The van der Waals surface area contributed by atoms with Crippen LogP contribution < -0.4 is 15.5 Å². The molecule has 1 aromatic heterocycles. The predicted octanol–water partition coefficient (Wildman–Crippen LogP) is 0.383.